The smallest absolute Gasteiger partial charge is 0.226 e. The van der Waals surface area contributed by atoms with E-state index < -0.39 is 0 Å². The fourth-order valence-electron chi connectivity index (χ4n) is 2.24. The first kappa shape index (κ1) is 13.6. The highest BCUT2D eigenvalue weighted by Crippen LogP contribution is 2.28. The lowest BCUT2D eigenvalue weighted by Gasteiger charge is -2.09. The Morgan fingerprint density at radius 3 is 2.86 bits per heavy atom. The number of anilines is 2. The van der Waals surface area contributed by atoms with Gasteiger partial charge < -0.3 is 10.1 Å². The molecule has 108 valence electrons. The van der Waals surface area contributed by atoms with Crippen molar-refractivity contribution in [3.8, 4) is 5.75 Å². The van der Waals surface area contributed by atoms with Crippen LogP contribution in [0.1, 0.15) is 5.69 Å². The Labute approximate surface area is 126 Å². The average Bonchev–Trinajstić information content (AvgIpc) is 2.74. The fourth-order valence-corrected chi connectivity index (χ4v) is 2.40. The summed E-state index contributed by atoms with van der Waals surface area (Å²) < 4.78 is 6.91. The highest BCUT2D eigenvalue weighted by Gasteiger charge is 2.14. The summed E-state index contributed by atoms with van der Waals surface area (Å²) in [6, 6.07) is 7.59. The zero-order chi connectivity index (χ0) is 15.0. The van der Waals surface area contributed by atoms with Crippen molar-refractivity contribution in [1.29, 1.82) is 0 Å². The molecule has 0 aliphatic heterocycles. The number of hydrogen-bond donors (Lipinski definition) is 1. The third kappa shape index (κ3) is 2.50. The van der Waals surface area contributed by atoms with Gasteiger partial charge in [-0.1, -0.05) is 6.07 Å². The molecule has 0 saturated heterocycles. The number of fused-ring (bicyclic) bond motifs is 1. The van der Waals surface area contributed by atoms with Crippen LogP contribution in [0.5, 0.6) is 5.75 Å². The van der Waals surface area contributed by atoms with Crippen LogP contribution in [-0.2, 0) is 7.05 Å². The quantitative estimate of drug-likeness (QED) is 0.753. The first-order valence-corrected chi connectivity index (χ1v) is 6.74. The molecule has 0 saturated carbocycles. The van der Waals surface area contributed by atoms with Crippen molar-refractivity contribution in [3.63, 3.8) is 0 Å². The molecule has 3 rings (SSSR count). The van der Waals surface area contributed by atoms with E-state index in [9.17, 15) is 0 Å². The Bertz CT molecular complexity index is 814. The van der Waals surface area contributed by atoms with E-state index in [2.05, 4.69) is 20.4 Å². The summed E-state index contributed by atoms with van der Waals surface area (Å²) in [5.41, 5.74) is 2.39. The Kier molecular flexibility index (Phi) is 3.39. The van der Waals surface area contributed by atoms with Gasteiger partial charge >= 0.3 is 0 Å². The lowest BCUT2D eigenvalue weighted by Crippen LogP contribution is -1.99. The normalized spacial score (nSPS) is 10.9. The number of ether oxygens (including phenoxy) is 1. The first-order chi connectivity index (χ1) is 10.1. The number of hydrogen-bond acceptors (Lipinski definition) is 5. The van der Waals surface area contributed by atoms with Crippen LogP contribution in [0.2, 0.25) is 5.28 Å². The van der Waals surface area contributed by atoms with Crippen LogP contribution in [0.15, 0.2) is 24.3 Å². The molecule has 0 aliphatic rings. The second-order valence-corrected chi connectivity index (χ2v) is 4.94. The van der Waals surface area contributed by atoms with Gasteiger partial charge in [0.2, 0.25) is 5.28 Å². The van der Waals surface area contributed by atoms with Gasteiger partial charge in [-0.2, -0.15) is 15.1 Å². The Hall–Kier alpha value is -2.34. The lowest BCUT2D eigenvalue weighted by molar-refractivity contribution is 0.415. The highest BCUT2D eigenvalue weighted by atomic mass is 35.5. The summed E-state index contributed by atoms with van der Waals surface area (Å²) >= 11 is 6.00. The fraction of sp³-hybridized carbons (Fsp3) is 0.214. The zero-order valence-corrected chi connectivity index (χ0v) is 12.6. The molecule has 3 aromatic rings. The van der Waals surface area contributed by atoms with Crippen molar-refractivity contribution >= 4 is 34.1 Å². The number of nitrogens with one attached hydrogen (secondary N) is 1. The first-order valence-electron chi connectivity index (χ1n) is 6.36. The summed E-state index contributed by atoms with van der Waals surface area (Å²) in [7, 11) is 3.46. The second kappa shape index (κ2) is 5.21. The number of methoxy groups -OCH3 is 1. The average molecular weight is 304 g/mol. The zero-order valence-electron chi connectivity index (χ0n) is 11.9. The van der Waals surface area contributed by atoms with E-state index in [0.29, 0.717) is 11.5 Å². The van der Waals surface area contributed by atoms with Crippen LogP contribution in [0, 0.1) is 6.92 Å². The largest absolute Gasteiger partial charge is 0.497 e. The molecule has 0 bridgehead atoms. The van der Waals surface area contributed by atoms with Crippen molar-refractivity contribution in [2.24, 2.45) is 7.05 Å². The maximum Gasteiger partial charge on any atom is 0.226 e. The maximum atomic E-state index is 6.00. The molecule has 6 nitrogen and oxygen atoms in total. The van der Waals surface area contributed by atoms with Crippen molar-refractivity contribution in [3.05, 3.63) is 35.2 Å². The van der Waals surface area contributed by atoms with Crippen LogP contribution in [-0.4, -0.2) is 26.9 Å². The number of nitrogens with zero attached hydrogens (tertiary/aromatic N) is 4. The summed E-state index contributed by atoms with van der Waals surface area (Å²) in [5.74, 6) is 1.39. The second-order valence-electron chi connectivity index (χ2n) is 4.61. The van der Waals surface area contributed by atoms with Gasteiger partial charge in [-0.3, -0.25) is 0 Å². The van der Waals surface area contributed by atoms with Crippen molar-refractivity contribution in [2.75, 3.05) is 12.4 Å². The monoisotopic (exact) mass is 303 g/mol. The van der Waals surface area contributed by atoms with Gasteiger partial charge in [0.15, 0.2) is 5.65 Å². The Balaban J connectivity index is 2.11. The molecular weight excluding hydrogens is 290 g/mol. The van der Waals surface area contributed by atoms with Crippen LogP contribution in [0.3, 0.4) is 0 Å². The molecule has 2 heterocycles. The molecule has 0 atom stereocenters. The third-order valence-corrected chi connectivity index (χ3v) is 3.33. The molecule has 1 N–H and O–H groups in total. The van der Waals surface area contributed by atoms with Gasteiger partial charge in [0.05, 0.1) is 18.2 Å². The Morgan fingerprint density at radius 2 is 2.10 bits per heavy atom. The lowest BCUT2D eigenvalue weighted by atomic mass is 10.2. The number of aromatic nitrogens is 4. The van der Waals surface area contributed by atoms with Gasteiger partial charge in [-0.05, 0) is 30.7 Å². The molecule has 0 aliphatic carbocycles. The van der Waals surface area contributed by atoms with Crippen LogP contribution >= 0.6 is 11.6 Å². The number of halogens is 1. The summed E-state index contributed by atoms with van der Waals surface area (Å²) in [6.07, 6.45) is 0. The molecule has 0 amide bonds. The van der Waals surface area contributed by atoms with Crippen molar-refractivity contribution < 1.29 is 4.74 Å². The molecule has 2 aromatic heterocycles. The molecule has 0 radical (unpaired) electrons. The van der Waals surface area contributed by atoms with Crippen LogP contribution in [0.25, 0.3) is 11.0 Å². The predicted octanol–water partition coefficient (Wildman–Crippen LogP) is 3.08. The van der Waals surface area contributed by atoms with Crippen molar-refractivity contribution in [1.82, 2.24) is 19.7 Å². The predicted molar refractivity (Wildman–Crippen MR) is 82.3 cm³/mol. The van der Waals surface area contributed by atoms with E-state index in [1.165, 1.54) is 0 Å². The SMILES string of the molecule is COc1cccc(Nc2nc(Cl)nc3c2c(C)nn3C)c1. The molecule has 7 heteroatoms. The molecule has 0 fully saturated rings. The minimum Gasteiger partial charge on any atom is -0.497 e. The van der Waals surface area contributed by atoms with Gasteiger partial charge in [-0.25, -0.2) is 4.68 Å². The van der Waals surface area contributed by atoms with Crippen LogP contribution < -0.4 is 10.1 Å². The van der Waals surface area contributed by atoms with Crippen molar-refractivity contribution in [2.45, 2.75) is 6.92 Å². The van der Waals surface area contributed by atoms with Crippen LogP contribution in [0.4, 0.5) is 11.5 Å². The minimum atomic E-state index is 0.177. The van der Waals surface area contributed by atoms with E-state index in [0.717, 1.165) is 22.5 Å². The molecule has 0 spiro atoms. The third-order valence-electron chi connectivity index (χ3n) is 3.16. The summed E-state index contributed by atoms with van der Waals surface area (Å²) in [6.45, 7) is 1.91. The van der Waals surface area contributed by atoms with E-state index in [1.807, 2.05) is 38.2 Å². The molecule has 21 heavy (non-hydrogen) atoms. The van der Waals surface area contributed by atoms with E-state index in [-0.39, 0.29) is 5.28 Å². The summed E-state index contributed by atoms with van der Waals surface area (Å²) in [5, 5.41) is 8.63. The van der Waals surface area contributed by atoms with Gasteiger partial charge in [0.25, 0.3) is 0 Å². The number of aryl methyl sites for hydroxylation is 2. The van der Waals surface area contributed by atoms with Gasteiger partial charge in [0, 0.05) is 18.8 Å². The van der Waals surface area contributed by atoms with E-state index in [4.69, 9.17) is 16.3 Å². The standard InChI is InChI=1S/C14H14ClN5O/c1-8-11-12(16-9-5-4-6-10(7-9)21-3)17-14(15)18-13(11)20(2)19-8/h4-7H,1-3H3,(H,16,17,18). The number of rotatable bonds is 3. The molecule has 0 unspecified atom stereocenters. The molecular formula is C14H14ClN5O. The van der Waals surface area contributed by atoms with Gasteiger partial charge in [0.1, 0.15) is 11.6 Å². The maximum absolute atomic E-state index is 6.00. The van der Waals surface area contributed by atoms with Gasteiger partial charge in [-0.15, -0.1) is 0 Å². The number of benzene rings is 1. The Morgan fingerprint density at radius 1 is 1.29 bits per heavy atom. The van der Waals surface area contributed by atoms with E-state index in [1.54, 1.807) is 11.8 Å². The molecule has 1 aromatic carbocycles. The topological polar surface area (TPSA) is 64.9 Å². The summed E-state index contributed by atoms with van der Waals surface area (Å²) in [4.78, 5) is 8.50. The van der Waals surface area contributed by atoms with E-state index >= 15 is 0 Å². The minimum absolute atomic E-state index is 0.177. The highest BCUT2D eigenvalue weighted by molar-refractivity contribution is 6.28.